The van der Waals surface area contributed by atoms with Crippen LogP contribution in [0, 0.1) is 32.1 Å². The summed E-state index contributed by atoms with van der Waals surface area (Å²) < 4.78 is 94.2. The molecule has 9 N–H and O–H groups in total. The van der Waals surface area contributed by atoms with E-state index >= 15 is 0 Å². The Bertz CT molecular complexity index is 1090. The topological polar surface area (TPSA) is 392 Å². The second kappa shape index (κ2) is 34.4. The third-order valence-electron chi connectivity index (χ3n) is 4.60. The number of aliphatic hydroxyl groups excluding tert-OH is 3. The monoisotopic (exact) mass is 864 g/mol. The minimum absolute atomic E-state index is 0. The first-order valence-corrected chi connectivity index (χ1v) is 15.5. The van der Waals surface area contributed by atoms with Gasteiger partial charge in [0.05, 0.1) is 26.3 Å². The van der Waals surface area contributed by atoms with Crippen LogP contribution in [0.25, 0.3) is 0 Å². The minimum atomic E-state index is -4.94. The van der Waals surface area contributed by atoms with Crippen LogP contribution in [0.1, 0.15) is 22.3 Å². The van der Waals surface area contributed by atoms with Crippen LogP contribution in [0.4, 0.5) is 8.78 Å². The number of aliphatic hydroxyl groups is 3. The Morgan fingerprint density at radius 1 is 0.640 bits per heavy atom. The van der Waals surface area contributed by atoms with Crippen LogP contribution >= 0.6 is 0 Å². The number of rotatable bonds is 14. The molecule has 19 nitrogen and oxygen atoms in total. The van der Waals surface area contributed by atoms with E-state index in [1.54, 1.807) is 0 Å². The fourth-order valence-corrected chi connectivity index (χ4v) is 2.84. The van der Waals surface area contributed by atoms with Gasteiger partial charge in [-0.15, -0.1) is 20.5 Å². The van der Waals surface area contributed by atoms with Crippen LogP contribution < -0.4 is 69.6 Å². The molecule has 0 bridgehead atoms. The number of nitrogens with one attached hydrogen (secondary N) is 2. The molecule has 0 fully saturated rings. The summed E-state index contributed by atoms with van der Waals surface area (Å²) in [5.74, 6) is -1.89. The van der Waals surface area contributed by atoms with Crippen molar-refractivity contribution in [2.75, 3.05) is 59.5 Å². The number of aliphatic imine (C=N–C) groups is 2. The van der Waals surface area contributed by atoms with Gasteiger partial charge in [-0.2, -0.15) is 0 Å². The Balaban J connectivity index is -0.000000199. The Kier molecular flexibility index (Phi) is 39.6. The Hall–Kier alpha value is -1.74. The van der Waals surface area contributed by atoms with Gasteiger partial charge in [0.25, 0.3) is 0 Å². The molecule has 2 aromatic carbocycles. The third-order valence-corrected chi connectivity index (χ3v) is 4.60. The van der Waals surface area contributed by atoms with E-state index in [2.05, 4.69) is 20.6 Å². The molecule has 2 radical (unpaired) electrons. The summed E-state index contributed by atoms with van der Waals surface area (Å²) in [5, 5.41) is 54.2. The van der Waals surface area contributed by atoms with Crippen molar-refractivity contribution in [1.29, 1.82) is 0 Å². The normalized spacial score (nSPS) is 10.6. The van der Waals surface area contributed by atoms with E-state index in [4.69, 9.17) is 64.1 Å². The first kappa shape index (κ1) is 57.6. The molecule has 0 aromatic heterocycles. The summed E-state index contributed by atoms with van der Waals surface area (Å²) in [5.41, 5.74) is 11.0. The maximum atomic E-state index is 13.1. The summed E-state index contributed by atoms with van der Waals surface area (Å²) >= 11 is 0. The summed E-state index contributed by atoms with van der Waals surface area (Å²) in [6, 6.07) is 4.28. The van der Waals surface area contributed by atoms with Crippen LogP contribution in [0.15, 0.2) is 34.3 Å². The molecule has 2 aromatic rings. The van der Waals surface area contributed by atoms with Gasteiger partial charge in [-0.3, -0.25) is 9.98 Å². The minimum Gasteiger partial charge on any atom is -0.872 e. The van der Waals surface area contributed by atoms with Crippen molar-refractivity contribution in [3.05, 3.63) is 58.2 Å². The van der Waals surface area contributed by atoms with E-state index in [1.807, 2.05) is 0 Å². The maximum absolute atomic E-state index is 13.1. The average molecular weight is 867 g/mol. The van der Waals surface area contributed by atoms with Gasteiger partial charge >= 0.3 is 34.1 Å². The Morgan fingerprint density at radius 3 is 1.16 bits per heavy atom. The predicted molar refractivity (Wildman–Crippen MR) is 140 cm³/mol. The fourth-order valence-electron chi connectivity index (χ4n) is 2.84. The second-order valence-electron chi connectivity index (χ2n) is 8.19. The third kappa shape index (κ3) is 37.5. The van der Waals surface area contributed by atoms with Crippen molar-refractivity contribution in [2.24, 2.45) is 21.5 Å². The van der Waals surface area contributed by atoms with Crippen molar-refractivity contribution >= 4 is 12.4 Å². The molecule has 0 saturated heterocycles. The van der Waals surface area contributed by atoms with Crippen molar-refractivity contribution in [2.45, 2.75) is 13.2 Å². The second-order valence-corrected chi connectivity index (χ2v) is 9.70. The van der Waals surface area contributed by atoms with Gasteiger partial charge in [-0.25, -0.2) is 46.1 Å². The smallest absolute Gasteiger partial charge is 0.872 e. The van der Waals surface area contributed by atoms with E-state index in [9.17, 15) is 19.0 Å². The summed E-state index contributed by atoms with van der Waals surface area (Å²) in [7, 11) is -8.89. The molecule has 0 atom stereocenters. The van der Waals surface area contributed by atoms with Gasteiger partial charge in [-0.1, -0.05) is 11.5 Å². The SMILES string of the molecule is CO.NCCNCCN=Cc1cc(F)cc(CO)c1[O-].NCCNCCN=Cc1cc(F)cc(CO)c1[O-].[Cu+2].[Cu+2].[O-][Cl+3]([O-])([O-])[O-].[O-][Cl+3]([O-])([O-])[O-]. The van der Waals surface area contributed by atoms with Gasteiger partial charge in [0.1, 0.15) is 11.6 Å². The summed E-state index contributed by atoms with van der Waals surface area (Å²) in [6.45, 7) is 3.80. The van der Waals surface area contributed by atoms with E-state index in [0.29, 0.717) is 52.4 Å². The van der Waals surface area contributed by atoms with E-state index in [-0.39, 0.29) is 56.4 Å². The molecule has 50 heavy (non-hydrogen) atoms. The van der Waals surface area contributed by atoms with Gasteiger partial charge in [0.2, 0.25) is 0 Å². The molecule has 0 aliphatic carbocycles. The van der Waals surface area contributed by atoms with Crippen molar-refractivity contribution in [1.82, 2.24) is 10.6 Å². The van der Waals surface area contributed by atoms with Crippen LogP contribution in [-0.4, -0.2) is 87.2 Å². The summed E-state index contributed by atoms with van der Waals surface area (Å²) in [6.07, 6.45) is 2.66. The first-order chi connectivity index (χ1) is 22.4. The molecule has 0 aliphatic rings. The maximum Gasteiger partial charge on any atom is 2.00 e. The van der Waals surface area contributed by atoms with Gasteiger partial charge in [-0.05, 0) is 46.5 Å². The zero-order valence-electron chi connectivity index (χ0n) is 26.1. The van der Waals surface area contributed by atoms with E-state index in [0.717, 1.165) is 31.4 Å². The van der Waals surface area contributed by atoms with Crippen LogP contribution in [-0.2, 0) is 47.4 Å². The standard InChI is InChI=1S/2C12H18FN3O2.CH4O.2ClHO4.2Cu/c2*13-11-5-9(12(18)10(6-11)8-17)7-16-4-3-15-2-1-14;1-2;2*2-1(3,4)5;;/h2*5-7,15,17-18H,1-4,8,14H2;2H,1H3;2*(H,2,3,4,5);;/q;;;;;2*+2/p-4. The first-order valence-electron chi connectivity index (χ1n) is 13.1. The number of hydrogen-bond donors (Lipinski definition) is 7. The molecule has 0 spiro atoms. The quantitative estimate of drug-likeness (QED) is 0.0526. The molecular formula is C25H38Cl2Cu2F2N6O13. The molecule has 296 valence electrons. The van der Waals surface area contributed by atoms with Crippen LogP contribution in [0.2, 0.25) is 0 Å². The number of nitrogens with two attached hydrogens (primary N) is 2. The summed E-state index contributed by atoms with van der Waals surface area (Å²) in [4.78, 5) is 8.03. The van der Waals surface area contributed by atoms with Gasteiger partial charge in [0.15, 0.2) is 0 Å². The largest absolute Gasteiger partial charge is 2.00 e. The predicted octanol–water partition coefficient (Wildman–Crippen LogP) is -11.2. The molecule has 0 aliphatic heterocycles. The molecule has 0 amide bonds. The van der Waals surface area contributed by atoms with Crippen LogP contribution in [0.5, 0.6) is 11.5 Å². The molecular weight excluding hydrogens is 828 g/mol. The number of nitrogens with zero attached hydrogens (tertiary/aromatic N) is 2. The average Bonchev–Trinajstić information content (AvgIpc) is 2.99. The van der Waals surface area contributed by atoms with E-state index < -0.39 is 56.8 Å². The van der Waals surface area contributed by atoms with Gasteiger partial charge < -0.3 is 47.6 Å². The fraction of sp³-hybridized carbons (Fsp3) is 0.440. The zero-order chi connectivity index (χ0) is 37.8. The molecule has 25 heteroatoms. The van der Waals surface area contributed by atoms with Gasteiger partial charge in [0, 0.05) is 58.8 Å². The zero-order valence-corrected chi connectivity index (χ0v) is 29.5. The Morgan fingerprint density at radius 2 is 0.920 bits per heavy atom. The number of hydrogen-bond acceptors (Lipinski definition) is 19. The molecule has 0 saturated carbocycles. The van der Waals surface area contributed by atoms with Crippen molar-refractivity contribution in [3.8, 4) is 11.5 Å². The number of halogens is 4. The van der Waals surface area contributed by atoms with E-state index in [1.165, 1.54) is 12.4 Å². The molecule has 0 heterocycles. The molecule has 0 unspecified atom stereocenters. The number of benzene rings is 2. The Labute approximate surface area is 312 Å². The van der Waals surface area contributed by atoms with Crippen molar-refractivity contribution in [3.63, 3.8) is 0 Å². The van der Waals surface area contributed by atoms with Crippen LogP contribution in [0.3, 0.4) is 0 Å². The van der Waals surface area contributed by atoms with Crippen molar-refractivity contribution < 1.29 is 126 Å². The molecule has 2 rings (SSSR count).